The maximum absolute atomic E-state index is 13.6. The number of hydrogen-bond donors (Lipinski definition) is 1. The highest BCUT2D eigenvalue weighted by Crippen LogP contribution is 2.46. The van der Waals surface area contributed by atoms with Crippen LogP contribution in [0.15, 0.2) is 66.2 Å². The van der Waals surface area contributed by atoms with Gasteiger partial charge in [-0.2, -0.15) is 0 Å². The first-order valence-electron chi connectivity index (χ1n) is 12.7. The van der Waals surface area contributed by atoms with Gasteiger partial charge in [-0.1, -0.05) is 35.9 Å². The zero-order chi connectivity index (χ0) is 27.6. The zero-order valence-corrected chi connectivity index (χ0v) is 22.7. The van der Waals surface area contributed by atoms with E-state index in [-0.39, 0.29) is 16.9 Å². The molecule has 7 heteroatoms. The number of aliphatic hydroxyl groups is 1. The van der Waals surface area contributed by atoms with Gasteiger partial charge in [-0.3, -0.25) is 14.5 Å². The lowest BCUT2D eigenvalue weighted by Crippen LogP contribution is -2.30. The largest absolute Gasteiger partial charge is 0.506 e. The van der Waals surface area contributed by atoms with Crippen LogP contribution in [0.4, 0.5) is 11.4 Å². The number of aliphatic hydroxyl groups excluding tert-OH is 1. The fourth-order valence-corrected chi connectivity index (χ4v) is 5.15. The molecule has 38 heavy (non-hydrogen) atoms. The summed E-state index contributed by atoms with van der Waals surface area (Å²) in [6, 6.07) is 17.7. The monoisotopic (exact) mass is 514 g/mol. The summed E-state index contributed by atoms with van der Waals surface area (Å²) < 4.78 is 11.0. The Hall–Kier alpha value is -4.26. The molecule has 4 rings (SSSR count). The van der Waals surface area contributed by atoms with Gasteiger partial charge in [0.05, 0.1) is 25.8 Å². The van der Waals surface area contributed by atoms with Crippen LogP contribution in [-0.4, -0.2) is 44.1 Å². The van der Waals surface area contributed by atoms with Crippen molar-refractivity contribution >= 4 is 28.8 Å². The van der Waals surface area contributed by atoms with E-state index < -0.39 is 17.7 Å². The Balaban J connectivity index is 1.99. The number of carbonyl (C=O) groups is 2. The summed E-state index contributed by atoms with van der Waals surface area (Å²) in [6.07, 6.45) is 0. The number of ketones is 1. The Bertz CT molecular complexity index is 1370. The zero-order valence-electron chi connectivity index (χ0n) is 22.7. The van der Waals surface area contributed by atoms with Crippen molar-refractivity contribution in [2.75, 3.05) is 37.1 Å². The lowest BCUT2D eigenvalue weighted by Gasteiger charge is -2.28. The van der Waals surface area contributed by atoms with Crippen LogP contribution in [0.1, 0.15) is 42.1 Å². The third-order valence-corrected chi connectivity index (χ3v) is 7.06. The smallest absolute Gasteiger partial charge is 0.300 e. The van der Waals surface area contributed by atoms with E-state index in [9.17, 15) is 14.7 Å². The number of benzene rings is 3. The second-order valence-corrected chi connectivity index (χ2v) is 9.26. The van der Waals surface area contributed by atoms with Gasteiger partial charge >= 0.3 is 0 Å². The number of methoxy groups -OCH3 is 2. The molecular formula is C31H34N2O5. The van der Waals surface area contributed by atoms with Crippen molar-refractivity contribution in [1.82, 2.24) is 0 Å². The highest BCUT2D eigenvalue weighted by atomic mass is 16.5. The lowest BCUT2D eigenvalue weighted by molar-refractivity contribution is -0.132. The lowest BCUT2D eigenvalue weighted by atomic mass is 9.94. The summed E-state index contributed by atoms with van der Waals surface area (Å²) in [5.41, 5.74) is 4.45. The van der Waals surface area contributed by atoms with E-state index in [4.69, 9.17) is 9.47 Å². The van der Waals surface area contributed by atoms with E-state index in [1.54, 1.807) is 18.2 Å². The topological polar surface area (TPSA) is 79.3 Å². The van der Waals surface area contributed by atoms with Crippen molar-refractivity contribution in [1.29, 1.82) is 0 Å². The van der Waals surface area contributed by atoms with E-state index in [0.717, 1.165) is 29.9 Å². The number of aryl methyl sites for hydroxylation is 2. The maximum atomic E-state index is 13.6. The average molecular weight is 515 g/mol. The predicted molar refractivity (Wildman–Crippen MR) is 150 cm³/mol. The van der Waals surface area contributed by atoms with Gasteiger partial charge in [0.1, 0.15) is 22.8 Å². The van der Waals surface area contributed by atoms with Gasteiger partial charge in [-0.05, 0) is 69.2 Å². The Labute approximate surface area is 223 Å². The van der Waals surface area contributed by atoms with Crippen molar-refractivity contribution < 1.29 is 24.2 Å². The van der Waals surface area contributed by atoms with E-state index in [1.165, 1.54) is 19.1 Å². The molecule has 1 aliphatic rings. The summed E-state index contributed by atoms with van der Waals surface area (Å²) >= 11 is 0. The SMILES string of the molecule is CCN(CC)c1ccc(C2/C(=C(\O)c3c(OC)cccc3OC)C(=O)C(=O)N2c2ccc(C)cc2C)cc1. The Morgan fingerprint density at radius 2 is 1.53 bits per heavy atom. The summed E-state index contributed by atoms with van der Waals surface area (Å²) in [5, 5.41) is 11.7. The number of amides is 1. The molecular weight excluding hydrogens is 480 g/mol. The van der Waals surface area contributed by atoms with Gasteiger partial charge in [0.25, 0.3) is 11.7 Å². The van der Waals surface area contributed by atoms with Crippen LogP contribution in [-0.2, 0) is 9.59 Å². The van der Waals surface area contributed by atoms with Crippen LogP contribution in [0, 0.1) is 13.8 Å². The molecule has 7 nitrogen and oxygen atoms in total. The van der Waals surface area contributed by atoms with E-state index in [1.807, 2.05) is 56.3 Å². The molecule has 1 saturated heterocycles. The highest BCUT2D eigenvalue weighted by molar-refractivity contribution is 6.51. The van der Waals surface area contributed by atoms with Gasteiger partial charge in [-0.25, -0.2) is 0 Å². The third kappa shape index (κ3) is 4.60. The van der Waals surface area contributed by atoms with Gasteiger partial charge in [-0.15, -0.1) is 0 Å². The normalized spacial score (nSPS) is 16.6. The predicted octanol–water partition coefficient (Wildman–Crippen LogP) is 5.79. The number of hydrogen-bond acceptors (Lipinski definition) is 6. The summed E-state index contributed by atoms with van der Waals surface area (Å²) in [5.74, 6) is -1.16. The molecule has 0 aromatic heterocycles. The van der Waals surface area contributed by atoms with Crippen molar-refractivity contribution in [3.63, 3.8) is 0 Å². The van der Waals surface area contributed by atoms with E-state index in [0.29, 0.717) is 22.7 Å². The van der Waals surface area contributed by atoms with Crippen molar-refractivity contribution in [2.45, 2.75) is 33.7 Å². The van der Waals surface area contributed by atoms with Crippen LogP contribution in [0.5, 0.6) is 11.5 Å². The molecule has 1 amide bonds. The van der Waals surface area contributed by atoms with Crippen LogP contribution in [0.25, 0.3) is 5.76 Å². The first kappa shape index (κ1) is 26.8. The minimum atomic E-state index is -0.850. The molecule has 1 heterocycles. The van der Waals surface area contributed by atoms with E-state index in [2.05, 4.69) is 18.7 Å². The molecule has 0 aliphatic carbocycles. The average Bonchev–Trinajstić information content (AvgIpc) is 3.18. The van der Waals surface area contributed by atoms with Crippen molar-refractivity contribution in [3.05, 3.63) is 88.5 Å². The van der Waals surface area contributed by atoms with Crippen LogP contribution < -0.4 is 19.3 Å². The van der Waals surface area contributed by atoms with Gasteiger partial charge < -0.3 is 19.5 Å². The molecule has 0 saturated carbocycles. The molecule has 0 radical (unpaired) electrons. The highest BCUT2D eigenvalue weighted by Gasteiger charge is 2.48. The number of carbonyl (C=O) groups excluding carboxylic acids is 2. The number of Topliss-reactive ketones (excluding diaryl/α,β-unsaturated/α-hetero) is 1. The van der Waals surface area contributed by atoms with Crippen molar-refractivity contribution in [2.24, 2.45) is 0 Å². The van der Waals surface area contributed by atoms with Gasteiger partial charge in [0.2, 0.25) is 0 Å². The van der Waals surface area contributed by atoms with Gasteiger partial charge in [0.15, 0.2) is 0 Å². The van der Waals surface area contributed by atoms with Gasteiger partial charge in [0, 0.05) is 24.5 Å². The Morgan fingerprint density at radius 3 is 2.05 bits per heavy atom. The standard InChI is InChI=1S/C31H34N2O5/c1-7-32(8-2)22-15-13-21(14-16-22)28-27(29(34)26-24(37-5)10-9-11-25(26)38-6)30(35)31(36)33(28)23-17-12-19(3)18-20(23)4/h9-18,28,34H,7-8H2,1-6H3/b29-27+. The molecule has 198 valence electrons. The Kier molecular flexibility index (Phi) is 7.76. The molecule has 1 fully saturated rings. The first-order valence-corrected chi connectivity index (χ1v) is 12.7. The molecule has 0 bridgehead atoms. The second kappa shape index (κ2) is 11.0. The quantitative estimate of drug-likeness (QED) is 0.233. The number of anilines is 2. The molecule has 3 aromatic carbocycles. The Morgan fingerprint density at radius 1 is 0.921 bits per heavy atom. The molecule has 1 atom stereocenters. The minimum Gasteiger partial charge on any atom is -0.506 e. The summed E-state index contributed by atoms with van der Waals surface area (Å²) in [6.45, 7) is 9.77. The minimum absolute atomic E-state index is 0.0200. The molecule has 1 aliphatic heterocycles. The summed E-state index contributed by atoms with van der Waals surface area (Å²) in [4.78, 5) is 30.9. The number of rotatable bonds is 8. The molecule has 3 aromatic rings. The third-order valence-electron chi connectivity index (χ3n) is 7.06. The molecule has 0 spiro atoms. The van der Waals surface area contributed by atoms with Crippen LogP contribution in [0.3, 0.4) is 0 Å². The molecule has 1 unspecified atom stereocenters. The number of ether oxygens (including phenoxy) is 2. The second-order valence-electron chi connectivity index (χ2n) is 9.26. The van der Waals surface area contributed by atoms with Crippen LogP contribution in [0.2, 0.25) is 0 Å². The fraction of sp³-hybridized carbons (Fsp3) is 0.290. The van der Waals surface area contributed by atoms with E-state index >= 15 is 0 Å². The first-order chi connectivity index (χ1) is 18.3. The number of nitrogens with zero attached hydrogens (tertiary/aromatic N) is 2. The fourth-order valence-electron chi connectivity index (χ4n) is 5.15. The summed E-state index contributed by atoms with van der Waals surface area (Å²) in [7, 11) is 2.95. The van der Waals surface area contributed by atoms with Crippen LogP contribution >= 0.6 is 0 Å². The maximum Gasteiger partial charge on any atom is 0.300 e. The molecule has 1 N–H and O–H groups in total. The van der Waals surface area contributed by atoms with Crippen molar-refractivity contribution in [3.8, 4) is 11.5 Å².